The standard InChI is InChI=1S/C46H59BN5O13/c1-6-10-12-14-33(36(8-3)52(29-53)65-45(59)30-16-19-32(20-17-30)51-24-13-15-40(51)54)42(56)48-28-49-44(58)38-23-22-37(63-38)31-18-21-34(39(26-31)61-9-4)43(57)50-35(46(60)64-47-5)27-41(55)62-25-11-7-2/h16-23,26,29,33,35-36H,6-15,24-25,27-28H2,1-5H3,(H,48,56)(H,49,58)(H,50,57)/t33-,35+,36-/m1/s1. The van der Waals surface area contributed by atoms with Gasteiger partial charge in [0.1, 0.15) is 17.6 Å². The summed E-state index contributed by atoms with van der Waals surface area (Å²) in [5.41, 5.74) is 1.32. The maximum Gasteiger partial charge on any atom is 0.370 e. The van der Waals surface area contributed by atoms with Crippen LogP contribution in [-0.4, -0.2) is 99.0 Å². The Balaban J connectivity index is 1.39. The van der Waals surface area contributed by atoms with Gasteiger partial charge >= 0.3 is 25.4 Å². The highest BCUT2D eigenvalue weighted by Crippen LogP contribution is 2.30. The monoisotopic (exact) mass is 900 g/mol. The van der Waals surface area contributed by atoms with Gasteiger partial charge in [-0.3, -0.25) is 33.6 Å². The molecule has 4 rings (SSSR count). The number of rotatable bonds is 27. The van der Waals surface area contributed by atoms with E-state index in [-0.39, 0.29) is 60.6 Å². The molecular formula is C46H59BN5O13. The number of esters is 1. The van der Waals surface area contributed by atoms with E-state index in [1.807, 2.05) is 13.8 Å². The molecule has 0 saturated carbocycles. The molecule has 3 aromatic rings. The lowest BCUT2D eigenvalue weighted by molar-refractivity contribution is -0.171. The van der Waals surface area contributed by atoms with Crippen LogP contribution in [0.5, 0.6) is 5.75 Å². The van der Waals surface area contributed by atoms with Gasteiger partial charge < -0.3 is 44.2 Å². The highest BCUT2D eigenvalue weighted by molar-refractivity contribution is 6.28. The Bertz CT molecular complexity index is 2110. The van der Waals surface area contributed by atoms with Crippen molar-refractivity contribution in [3.8, 4) is 17.1 Å². The van der Waals surface area contributed by atoms with E-state index < -0.39 is 60.1 Å². The zero-order chi connectivity index (χ0) is 47.3. The summed E-state index contributed by atoms with van der Waals surface area (Å²) in [5.74, 6) is -4.64. The van der Waals surface area contributed by atoms with Gasteiger partial charge in [0.05, 0.1) is 49.4 Å². The number of carbonyl (C=O) groups excluding carboxylic acids is 8. The minimum Gasteiger partial charge on any atom is -0.538 e. The summed E-state index contributed by atoms with van der Waals surface area (Å²) in [7, 11) is 1.14. The van der Waals surface area contributed by atoms with E-state index in [0.29, 0.717) is 49.9 Å². The summed E-state index contributed by atoms with van der Waals surface area (Å²) in [6.45, 7) is 9.58. The first-order chi connectivity index (χ1) is 31.4. The average molecular weight is 901 g/mol. The number of hydroxylamine groups is 2. The lowest BCUT2D eigenvalue weighted by Gasteiger charge is -2.31. The molecule has 1 aliphatic heterocycles. The molecule has 1 radical (unpaired) electrons. The van der Waals surface area contributed by atoms with Gasteiger partial charge in [-0.25, -0.2) is 4.79 Å². The normalized spacial score (nSPS) is 13.4. The van der Waals surface area contributed by atoms with Crippen LogP contribution in [-0.2, 0) is 38.2 Å². The van der Waals surface area contributed by atoms with E-state index in [4.69, 9.17) is 23.4 Å². The van der Waals surface area contributed by atoms with E-state index in [1.54, 1.807) is 43.0 Å². The summed E-state index contributed by atoms with van der Waals surface area (Å²) in [6.07, 6.45) is 5.59. The highest BCUT2D eigenvalue weighted by Gasteiger charge is 2.34. The molecule has 1 aliphatic rings. The van der Waals surface area contributed by atoms with Gasteiger partial charge in [-0.05, 0) is 81.1 Å². The van der Waals surface area contributed by atoms with Crippen molar-refractivity contribution >= 4 is 61.1 Å². The van der Waals surface area contributed by atoms with E-state index in [0.717, 1.165) is 38.2 Å². The third-order valence-corrected chi connectivity index (χ3v) is 10.6. The molecule has 65 heavy (non-hydrogen) atoms. The Kier molecular flexibility index (Phi) is 20.6. The Hall–Kier alpha value is -6.66. The van der Waals surface area contributed by atoms with Crippen molar-refractivity contribution in [3.05, 3.63) is 71.5 Å². The number of ether oxygens (including phenoxy) is 2. The average Bonchev–Trinajstić information content (AvgIpc) is 3.98. The first-order valence-corrected chi connectivity index (χ1v) is 22.1. The quantitative estimate of drug-likeness (QED) is 0.0214. The van der Waals surface area contributed by atoms with Crippen LogP contribution >= 0.6 is 0 Å². The first-order valence-electron chi connectivity index (χ1n) is 22.1. The van der Waals surface area contributed by atoms with Gasteiger partial charge in [0.15, 0.2) is 5.76 Å². The van der Waals surface area contributed by atoms with Crippen LogP contribution in [0.25, 0.3) is 11.3 Å². The van der Waals surface area contributed by atoms with Crippen molar-refractivity contribution in [2.45, 2.75) is 111 Å². The summed E-state index contributed by atoms with van der Waals surface area (Å²) >= 11 is 0. The van der Waals surface area contributed by atoms with Gasteiger partial charge in [0.25, 0.3) is 11.8 Å². The largest absolute Gasteiger partial charge is 0.538 e. The van der Waals surface area contributed by atoms with E-state index in [1.165, 1.54) is 37.2 Å². The summed E-state index contributed by atoms with van der Waals surface area (Å²) in [6, 6.07) is 11.7. The minimum atomic E-state index is -1.33. The van der Waals surface area contributed by atoms with Crippen LogP contribution in [0.3, 0.4) is 0 Å². The van der Waals surface area contributed by atoms with Crippen LogP contribution in [0.1, 0.15) is 123 Å². The number of anilines is 1. The lowest BCUT2D eigenvalue weighted by Crippen LogP contribution is -2.49. The first kappa shape index (κ1) is 51.0. The Morgan fingerprint density at radius 3 is 2.32 bits per heavy atom. The third-order valence-electron chi connectivity index (χ3n) is 10.6. The number of unbranched alkanes of at least 4 members (excludes halogenated alkanes) is 3. The number of furan rings is 1. The van der Waals surface area contributed by atoms with Gasteiger partial charge in [0, 0.05) is 24.2 Å². The topological polar surface area (TPSA) is 229 Å². The van der Waals surface area contributed by atoms with Crippen molar-refractivity contribution in [3.63, 3.8) is 0 Å². The number of hydrogen-bond acceptors (Lipinski definition) is 13. The van der Waals surface area contributed by atoms with Crippen LogP contribution in [0.15, 0.2) is 59.0 Å². The smallest absolute Gasteiger partial charge is 0.370 e. The molecule has 19 heteroatoms. The number of nitrogens with one attached hydrogen (secondary N) is 3. The number of benzene rings is 2. The highest BCUT2D eigenvalue weighted by atomic mass is 16.7. The van der Waals surface area contributed by atoms with E-state index in [9.17, 15) is 38.4 Å². The molecule has 5 amide bonds. The molecule has 2 heterocycles. The van der Waals surface area contributed by atoms with Crippen molar-refractivity contribution in [2.75, 3.05) is 31.3 Å². The molecule has 0 spiro atoms. The lowest BCUT2D eigenvalue weighted by atomic mass is 9.90. The maximum atomic E-state index is 13.7. The molecule has 3 atom stereocenters. The van der Waals surface area contributed by atoms with Crippen molar-refractivity contribution in [1.29, 1.82) is 0 Å². The maximum absolute atomic E-state index is 13.7. The Labute approximate surface area is 379 Å². The summed E-state index contributed by atoms with van der Waals surface area (Å²) in [4.78, 5) is 110. The zero-order valence-electron chi connectivity index (χ0n) is 37.7. The van der Waals surface area contributed by atoms with Crippen LogP contribution in [0.4, 0.5) is 5.69 Å². The van der Waals surface area contributed by atoms with Crippen molar-refractivity contribution in [2.24, 2.45) is 5.92 Å². The molecule has 18 nitrogen and oxygen atoms in total. The number of nitrogens with zero attached hydrogens (tertiary/aromatic N) is 2. The van der Waals surface area contributed by atoms with Crippen LogP contribution < -0.4 is 25.6 Å². The van der Waals surface area contributed by atoms with Gasteiger partial charge in [-0.1, -0.05) is 59.3 Å². The second-order valence-corrected chi connectivity index (χ2v) is 15.1. The van der Waals surface area contributed by atoms with Crippen molar-refractivity contribution < 1.29 is 61.7 Å². The predicted octanol–water partition coefficient (Wildman–Crippen LogP) is 5.52. The fraction of sp³-hybridized carbons (Fsp3) is 0.478. The van der Waals surface area contributed by atoms with Gasteiger partial charge in [-0.2, -0.15) is 5.06 Å². The molecule has 1 fully saturated rings. The zero-order valence-corrected chi connectivity index (χ0v) is 37.7. The predicted molar refractivity (Wildman–Crippen MR) is 238 cm³/mol. The molecule has 0 aliphatic carbocycles. The molecule has 1 aromatic heterocycles. The molecule has 2 aromatic carbocycles. The van der Waals surface area contributed by atoms with Gasteiger partial charge in [0.2, 0.25) is 18.2 Å². The molecular weight excluding hydrogens is 841 g/mol. The molecule has 0 bridgehead atoms. The number of carbonyl (C=O) groups is 8. The number of hydrogen-bond donors (Lipinski definition) is 3. The molecule has 349 valence electrons. The third kappa shape index (κ3) is 14.7. The van der Waals surface area contributed by atoms with E-state index in [2.05, 4.69) is 16.0 Å². The fourth-order valence-corrected chi connectivity index (χ4v) is 7.14. The fourth-order valence-electron chi connectivity index (χ4n) is 7.14. The van der Waals surface area contributed by atoms with E-state index >= 15 is 0 Å². The van der Waals surface area contributed by atoms with Gasteiger partial charge in [-0.15, -0.1) is 0 Å². The molecule has 1 saturated heterocycles. The Morgan fingerprint density at radius 2 is 1.68 bits per heavy atom. The van der Waals surface area contributed by atoms with Crippen molar-refractivity contribution in [1.82, 2.24) is 21.0 Å². The molecule has 3 N–H and O–H groups in total. The minimum absolute atomic E-state index is 0.00577. The Morgan fingerprint density at radius 1 is 0.923 bits per heavy atom. The summed E-state index contributed by atoms with van der Waals surface area (Å²) < 4.78 is 21.7. The second kappa shape index (κ2) is 26.2. The SMILES string of the molecule is C[B]OC(=O)[C@H](CC(=O)OCCCC)NC(=O)c1ccc(-c2ccc(C(=O)NCNC(=O)[C@H](CCCCC)[C@@H](CC)N(C=O)OC(=O)c3ccc(N4CCCC4=O)cc3)o2)cc1OCC. The second-order valence-electron chi connectivity index (χ2n) is 15.1. The number of amides is 5. The molecule has 0 unspecified atom stereocenters. The van der Waals surface area contributed by atoms with Crippen LogP contribution in [0, 0.1) is 5.92 Å². The van der Waals surface area contributed by atoms with Crippen LogP contribution in [0.2, 0.25) is 6.82 Å². The summed E-state index contributed by atoms with van der Waals surface area (Å²) in [5, 5.41) is 8.72.